The largest absolute Gasteiger partial charge is 0.226 e. The standard InChI is InChI=1S/C51H32N2S/c1-2-10-29(11-3-1)30-20-24-33(25-21-30)47-49-48(38-16-6-7-19-43(38)54-49)53-50(52-47)34-26-39-35-14-4-5-15-36(35)42-28-51(42)41-18-9-13-32-23-22-31-12-8-17-37(44(31)45(32)41)40(27-34)46(39)51/h1-21,24-27,42H,22-23,28H2. The Kier molecular flexibility index (Phi) is 5.70. The predicted octanol–water partition coefficient (Wildman–Crippen LogP) is 13.0. The van der Waals surface area contributed by atoms with Crippen LogP contribution in [0.1, 0.15) is 40.2 Å². The first-order chi connectivity index (χ1) is 26.7. The Balaban J connectivity index is 1.11. The Morgan fingerprint density at radius 3 is 2.09 bits per heavy atom. The summed E-state index contributed by atoms with van der Waals surface area (Å²) in [4.78, 5) is 11.0. The molecule has 54 heavy (non-hydrogen) atoms. The molecule has 2 heterocycles. The Morgan fingerprint density at radius 2 is 1.22 bits per heavy atom. The number of benzene rings is 7. The van der Waals surface area contributed by atoms with Gasteiger partial charge < -0.3 is 0 Å². The van der Waals surface area contributed by atoms with Gasteiger partial charge in [-0.1, -0.05) is 133 Å². The summed E-state index contributed by atoms with van der Waals surface area (Å²) in [5, 5.41) is 1.18. The van der Waals surface area contributed by atoms with Gasteiger partial charge in [-0.05, 0) is 116 Å². The van der Waals surface area contributed by atoms with Gasteiger partial charge in [0.1, 0.15) is 0 Å². The number of thiophene rings is 1. The molecule has 3 heteroatoms. The van der Waals surface area contributed by atoms with Crippen LogP contribution in [0.15, 0.2) is 152 Å². The van der Waals surface area contributed by atoms with Crippen LogP contribution in [-0.4, -0.2) is 9.97 Å². The molecule has 0 amide bonds. The van der Waals surface area contributed by atoms with Gasteiger partial charge in [-0.2, -0.15) is 0 Å². The molecule has 252 valence electrons. The van der Waals surface area contributed by atoms with Gasteiger partial charge in [-0.15, -0.1) is 11.3 Å². The Labute approximate surface area is 317 Å². The normalized spacial score (nSPS) is 18.0. The van der Waals surface area contributed by atoms with Gasteiger partial charge in [0.2, 0.25) is 0 Å². The van der Waals surface area contributed by atoms with Crippen molar-refractivity contribution in [2.75, 3.05) is 0 Å². The molecule has 0 aliphatic heterocycles. The molecule has 13 rings (SSSR count). The van der Waals surface area contributed by atoms with Crippen molar-refractivity contribution >= 4 is 31.6 Å². The maximum absolute atomic E-state index is 5.55. The van der Waals surface area contributed by atoms with Crippen LogP contribution in [0.4, 0.5) is 0 Å². The molecule has 1 spiro atoms. The van der Waals surface area contributed by atoms with Crippen LogP contribution in [0.3, 0.4) is 0 Å². The highest BCUT2D eigenvalue weighted by Crippen LogP contribution is 2.74. The van der Waals surface area contributed by atoms with Gasteiger partial charge in [0.15, 0.2) is 5.82 Å². The zero-order valence-corrected chi connectivity index (χ0v) is 30.3. The smallest absolute Gasteiger partial charge is 0.160 e. The van der Waals surface area contributed by atoms with Gasteiger partial charge in [0.05, 0.1) is 15.9 Å². The van der Waals surface area contributed by atoms with Crippen molar-refractivity contribution in [3.63, 3.8) is 0 Å². The van der Waals surface area contributed by atoms with E-state index in [9.17, 15) is 0 Å². The lowest BCUT2D eigenvalue weighted by Crippen LogP contribution is -2.19. The van der Waals surface area contributed by atoms with Crippen molar-refractivity contribution in [3.8, 4) is 67.2 Å². The summed E-state index contributed by atoms with van der Waals surface area (Å²) in [6.07, 6.45) is 3.33. The first kappa shape index (κ1) is 29.3. The topological polar surface area (TPSA) is 25.8 Å². The monoisotopic (exact) mass is 704 g/mol. The van der Waals surface area contributed by atoms with E-state index in [2.05, 4.69) is 152 Å². The molecule has 2 aromatic heterocycles. The fourth-order valence-electron chi connectivity index (χ4n) is 10.5. The van der Waals surface area contributed by atoms with Crippen LogP contribution >= 0.6 is 11.3 Å². The predicted molar refractivity (Wildman–Crippen MR) is 223 cm³/mol. The fraction of sp³-hybridized carbons (Fsp3) is 0.0980. The van der Waals surface area contributed by atoms with Crippen LogP contribution in [-0.2, 0) is 18.3 Å². The molecule has 2 unspecified atom stereocenters. The second-order valence-corrected chi connectivity index (χ2v) is 16.6. The SMILES string of the molecule is c1ccc(-c2ccc(-c3nc(-c4cc5c6c(c4)-c4cccc7c4-c4c(cccc4C64CC4c4ccccc4-5)CC7)nc4c3sc3ccccc34)cc2)cc1. The maximum Gasteiger partial charge on any atom is 0.160 e. The first-order valence-electron chi connectivity index (χ1n) is 19.1. The molecule has 0 N–H and O–H groups in total. The van der Waals surface area contributed by atoms with E-state index in [1.54, 1.807) is 11.3 Å². The Morgan fingerprint density at radius 1 is 0.537 bits per heavy atom. The summed E-state index contributed by atoms with van der Waals surface area (Å²) in [5.74, 6) is 1.26. The van der Waals surface area contributed by atoms with Gasteiger partial charge in [-0.25, -0.2) is 9.97 Å². The lowest BCUT2D eigenvalue weighted by molar-refractivity contribution is 0.795. The summed E-state index contributed by atoms with van der Waals surface area (Å²) in [6.45, 7) is 0. The number of aryl methyl sites for hydroxylation is 2. The number of aromatic nitrogens is 2. The summed E-state index contributed by atoms with van der Waals surface area (Å²) >= 11 is 1.79. The molecule has 0 radical (unpaired) electrons. The van der Waals surface area contributed by atoms with Crippen LogP contribution in [0, 0.1) is 0 Å². The Bertz CT molecular complexity index is 3080. The first-order valence-corrected chi connectivity index (χ1v) is 19.9. The zero-order valence-electron chi connectivity index (χ0n) is 29.4. The van der Waals surface area contributed by atoms with Gasteiger partial charge in [0, 0.05) is 26.6 Å². The van der Waals surface area contributed by atoms with Crippen molar-refractivity contribution in [2.24, 2.45) is 0 Å². The minimum absolute atomic E-state index is 0.0312. The molecule has 9 aromatic rings. The zero-order chi connectivity index (χ0) is 35.1. The van der Waals surface area contributed by atoms with E-state index in [1.165, 1.54) is 82.4 Å². The molecule has 1 saturated carbocycles. The van der Waals surface area contributed by atoms with Crippen LogP contribution in [0.5, 0.6) is 0 Å². The third kappa shape index (κ3) is 3.80. The van der Waals surface area contributed by atoms with Crippen LogP contribution < -0.4 is 0 Å². The van der Waals surface area contributed by atoms with Crippen molar-refractivity contribution < 1.29 is 0 Å². The molecule has 1 fully saturated rings. The van der Waals surface area contributed by atoms with Crippen LogP contribution in [0.25, 0.3) is 87.5 Å². The number of rotatable bonds is 3. The van der Waals surface area contributed by atoms with E-state index in [0.29, 0.717) is 5.92 Å². The fourth-order valence-corrected chi connectivity index (χ4v) is 11.7. The molecule has 2 nitrogen and oxygen atoms in total. The lowest BCUT2D eigenvalue weighted by Gasteiger charge is -2.31. The van der Waals surface area contributed by atoms with E-state index in [4.69, 9.17) is 9.97 Å². The molecule has 2 atom stereocenters. The average molecular weight is 705 g/mol. The summed E-state index contributed by atoms with van der Waals surface area (Å²) in [6, 6.07) is 56.5. The van der Waals surface area contributed by atoms with E-state index < -0.39 is 0 Å². The van der Waals surface area contributed by atoms with Crippen molar-refractivity contribution in [2.45, 2.75) is 30.6 Å². The minimum atomic E-state index is -0.0312. The highest BCUT2D eigenvalue weighted by atomic mass is 32.1. The van der Waals surface area contributed by atoms with Crippen molar-refractivity contribution in [3.05, 3.63) is 179 Å². The van der Waals surface area contributed by atoms with Gasteiger partial charge >= 0.3 is 0 Å². The lowest BCUT2D eigenvalue weighted by atomic mass is 9.71. The van der Waals surface area contributed by atoms with E-state index in [1.807, 2.05) is 0 Å². The molecular formula is C51H32N2S. The number of hydrogen-bond donors (Lipinski definition) is 0. The molecule has 7 aromatic carbocycles. The van der Waals surface area contributed by atoms with Crippen molar-refractivity contribution in [1.82, 2.24) is 9.97 Å². The quantitative estimate of drug-likeness (QED) is 0.183. The second-order valence-electron chi connectivity index (χ2n) is 15.6. The summed E-state index contributed by atoms with van der Waals surface area (Å²) in [7, 11) is 0. The number of fused-ring (bicyclic) bond motifs is 7. The number of hydrogen-bond acceptors (Lipinski definition) is 3. The Hall–Kier alpha value is -6.16. The average Bonchev–Trinajstić information content (AvgIpc) is 3.92. The third-order valence-corrected chi connectivity index (χ3v) is 14.1. The summed E-state index contributed by atoms with van der Waals surface area (Å²) in [5.41, 5.74) is 22.4. The summed E-state index contributed by atoms with van der Waals surface area (Å²) < 4.78 is 2.37. The van der Waals surface area contributed by atoms with Gasteiger partial charge in [-0.3, -0.25) is 0 Å². The van der Waals surface area contributed by atoms with E-state index in [-0.39, 0.29) is 5.41 Å². The number of nitrogens with zero attached hydrogens (tertiary/aromatic N) is 2. The van der Waals surface area contributed by atoms with E-state index >= 15 is 0 Å². The molecule has 4 aliphatic rings. The molecular weight excluding hydrogens is 673 g/mol. The third-order valence-electron chi connectivity index (χ3n) is 12.9. The second kappa shape index (κ2) is 10.5. The molecule has 4 aliphatic carbocycles. The minimum Gasteiger partial charge on any atom is -0.226 e. The van der Waals surface area contributed by atoms with E-state index in [0.717, 1.165) is 52.1 Å². The van der Waals surface area contributed by atoms with Crippen molar-refractivity contribution in [1.29, 1.82) is 0 Å². The maximum atomic E-state index is 5.55. The molecule has 0 saturated heterocycles. The van der Waals surface area contributed by atoms with Crippen LogP contribution in [0.2, 0.25) is 0 Å². The molecule has 0 bridgehead atoms. The highest BCUT2D eigenvalue weighted by Gasteiger charge is 2.63. The highest BCUT2D eigenvalue weighted by molar-refractivity contribution is 7.26. The van der Waals surface area contributed by atoms with Gasteiger partial charge in [0.25, 0.3) is 0 Å².